The van der Waals surface area contributed by atoms with Crippen molar-refractivity contribution in [2.75, 3.05) is 6.61 Å². The monoisotopic (exact) mass is 194 g/mol. The van der Waals surface area contributed by atoms with Crippen molar-refractivity contribution < 1.29 is 9.53 Å². The fourth-order valence-corrected chi connectivity index (χ4v) is 1.000. The molecular formula is C10H14N2O2. The second kappa shape index (κ2) is 4.60. The Morgan fingerprint density at radius 2 is 2.43 bits per heavy atom. The molecular weight excluding hydrogens is 180 g/mol. The predicted molar refractivity (Wildman–Crippen MR) is 52.7 cm³/mol. The lowest BCUT2D eigenvalue weighted by Gasteiger charge is -2.06. The fourth-order valence-electron chi connectivity index (χ4n) is 1.000. The minimum Gasteiger partial charge on any atom is -0.460 e. The van der Waals surface area contributed by atoms with E-state index in [1.165, 1.54) is 0 Å². The van der Waals surface area contributed by atoms with Gasteiger partial charge in [-0.15, -0.1) is 0 Å². The average molecular weight is 194 g/mol. The number of nitrogens with zero attached hydrogens (tertiary/aromatic N) is 2. The van der Waals surface area contributed by atoms with Crippen molar-refractivity contribution in [1.82, 2.24) is 9.55 Å². The van der Waals surface area contributed by atoms with Crippen LogP contribution in [0.3, 0.4) is 0 Å². The molecule has 0 aliphatic carbocycles. The van der Waals surface area contributed by atoms with E-state index in [9.17, 15) is 4.79 Å². The van der Waals surface area contributed by atoms with Gasteiger partial charge < -0.3 is 9.30 Å². The van der Waals surface area contributed by atoms with Gasteiger partial charge in [0.15, 0.2) is 0 Å². The highest BCUT2D eigenvalue weighted by Crippen LogP contribution is 1.97. The second-order valence-corrected chi connectivity index (χ2v) is 3.08. The first kappa shape index (κ1) is 10.5. The summed E-state index contributed by atoms with van der Waals surface area (Å²) in [5, 5.41) is 0. The summed E-state index contributed by atoms with van der Waals surface area (Å²) >= 11 is 0. The standard InChI is InChI=1S/C10H14N2O2/c1-8(2)10(13)14-7-6-12-5-4-11-9(12)3/h4-5H,1,6-7H2,2-3H3. The maximum atomic E-state index is 11.0. The molecule has 0 unspecified atom stereocenters. The first-order chi connectivity index (χ1) is 6.61. The molecule has 1 rings (SSSR count). The van der Waals surface area contributed by atoms with Crippen LogP contribution in [0, 0.1) is 6.92 Å². The number of aryl methyl sites for hydroxylation is 1. The SMILES string of the molecule is C=C(C)C(=O)OCCn1ccnc1C. The molecule has 1 aromatic heterocycles. The number of rotatable bonds is 4. The van der Waals surface area contributed by atoms with Gasteiger partial charge in [0.1, 0.15) is 12.4 Å². The van der Waals surface area contributed by atoms with Crippen LogP contribution in [0.15, 0.2) is 24.5 Å². The van der Waals surface area contributed by atoms with Crippen molar-refractivity contribution >= 4 is 5.97 Å². The van der Waals surface area contributed by atoms with Crippen LogP contribution in [-0.4, -0.2) is 22.1 Å². The molecule has 4 heteroatoms. The summed E-state index contributed by atoms with van der Waals surface area (Å²) in [5.74, 6) is 0.569. The van der Waals surface area contributed by atoms with Gasteiger partial charge in [0.25, 0.3) is 0 Å². The maximum absolute atomic E-state index is 11.0. The molecule has 1 heterocycles. The average Bonchev–Trinajstić information content (AvgIpc) is 2.51. The number of hydrogen-bond donors (Lipinski definition) is 0. The Morgan fingerprint density at radius 3 is 2.93 bits per heavy atom. The third-order valence-electron chi connectivity index (χ3n) is 1.84. The Balaban J connectivity index is 2.32. The van der Waals surface area contributed by atoms with E-state index in [4.69, 9.17) is 4.74 Å². The molecule has 0 spiro atoms. The van der Waals surface area contributed by atoms with Gasteiger partial charge in [0, 0.05) is 18.0 Å². The summed E-state index contributed by atoms with van der Waals surface area (Å²) in [6.45, 7) is 8.01. The highest BCUT2D eigenvalue weighted by molar-refractivity contribution is 5.86. The molecule has 76 valence electrons. The Kier molecular flexibility index (Phi) is 3.45. The van der Waals surface area contributed by atoms with Crippen LogP contribution >= 0.6 is 0 Å². The molecule has 0 aliphatic heterocycles. The van der Waals surface area contributed by atoms with Gasteiger partial charge in [0.2, 0.25) is 0 Å². The lowest BCUT2D eigenvalue weighted by molar-refractivity contribution is -0.139. The van der Waals surface area contributed by atoms with E-state index in [2.05, 4.69) is 11.6 Å². The number of carbonyl (C=O) groups is 1. The lowest BCUT2D eigenvalue weighted by atomic mass is 10.4. The number of aromatic nitrogens is 2. The van der Waals surface area contributed by atoms with Crippen molar-refractivity contribution in [3.63, 3.8) is 0 Å². The van der Waals surface area contributed by atoms with Gasteiger partial charge in [0.05, 0.1) is 6.54 Å². The van der Waals surface area contributed by atoms with Crippen molar-refractivity contribution in [3.8, 4) is 0 Å². The summed E-state index contributed by atoms with van der Waals surface area (Å²) in [6, 6.07) is 0. The molecule has 0 fully saturated rings. The minimum absolute atomic E-state index is 0.345. The Hall–Kier alpha value is -1.58. The van der Waals surface area contributed by atoms with Gasteiger partial charge >= 0.3 is 5.97 Å². The number of esters is 1. The number of imidazole rings is 1. The maximum Gasteiger partial charge on any atom is 0.333 e. The van der Waals surface area contributed by atoms with E-state index in [1.54, 1.807) is 13.1 Å². The molecule has 0 atom stereocenters. The van der Waals surface area contributed by atoms with E-state index in [1.807, 2.05) is 17.7 Å². The van der Waals surface area contributed by atoms with Crippen molar-refractivity contribution in [2.45, 2.75) is 20.4 Å². The lowest BCUT2D eigenvalue weighted by Crippen LogP contribution is -2.11. The number of hydrogen-bond acceptors (Lipinski definition) is 3. The highest BCUT2D eigenvalue weighted by atomic mass is 16.5. The van der Waals surface area contributed by atoms with Gasteiger partial charge in [-0.1, -0.05) is 6.58 Å². The zero-order valence-electron chi connectivity index (χ0n) is 8.49. The predicted octanol–water partition coefficient (Wildman–Crippen LogP) is 1.31. The van der Waals surface area contributed by atoms with Crippen molar-refractivity contribution in [3.05, 3.63) is 30.4 Å². The third-order valence-corrected chi connectivity index (χ3v) is 1.84. The van der Waals surface area contributed by atoms with Crippen molar-refractivity contribution in [2.24, 2.45) is 0 Å². The van der Waals surface area contributed by atoms with E-state index in [-0.39, 0.29) is 5.97 Å². The Bertz CT molecular complexity index is 342. The minimum atomic E-state index is -0.345. The fraction of sp³-hybridized carbons (Fsp3) is 0.400. The van der Waals surface area contributed by atoms with Crippen LogP contribution in [0.1, 0.15) is 12.7 Å². The smallest absolute Gasteiger partial charge is 0.333 e. The summed E-state index contributed by atoms with van der Waals surface area (Å²) in [4.78, 5) is 15.1. The van der Waals surface area contributed by atoms with Gasteiger partial charge in [-0.3, -0.25) is 0 Å². The van der Waals surface area contributed by atoms with Crippen LogP contribution < -0.4 is 0 Å². The van der Waals surface area contributed by atoms with Gasteiger partial charge in [-0.2, -0.15) is 0 Å². The topological polar surface area (TPSA) is 44.1 Å². The quantitative estimate of drug-likeness (QED) is 0.536. The Morgan fingerprint density at radius 1 is 1.71 bits per heavy atom. The summed E-state index contributed by atoms with van der Waals surface area (Å²) in [5.41, 5.74) is 0.423. The van der Waals surface area contributed by atoms with Crippen LogP contribution in [0.5, 0.6) is 0 Å². The van der Waals surface area contributed by atoms with Gasteiger partial charge in [-0.05, 0) is 13.8 Å². The summed E-state index contributed by atoms with van der Waals surface area (Å²) in [6.07, 6.45) is 3.57. The molecule has 0 amide bonds. The van der Waals surface area contributed by atoms with Crippen LogP contribution in [0.4, 0.5) is 0 Å². The zero-order valence-corrected chi connectivity index (χ0v) is 8.49. The molecule has 4 nitrogen and oxygen atoms in total. The van der Waals surface area contributed by atoms with Crippen LogP contribution in [0.25, 0.3) is 0 Å². The molecule has 0 radical (unpaired) electrons. The number of ether oxygens (including phenoxy) is 1. The highest BCUT2D eigenvalue weighted by Gasteiger charge is 2.03. The zero-order chi connectivity index (χ0) is 10.6. The molecule has 0 saturated heterocycles. The van der Waals surface area contributed by atoms with E-state index < -0.39 is 0 Å². The summed E-state index contributed by atoms with van der Waals surface area (Å²) in [7, 11) is 0. The molecule has 0 N–H and O–H groups in total. The summed E-state index contributed by atoms with van der Waals surface area (Å²) < 4.78 is 6.87. The molecule has 14 heavy (non-hydrogen) atoms. The molecule has 0 aromatic carbocycles. The van der Waals surface area contributed by atoms with E-state index in [0.717, 1.165) is 5.82 Å². The van der Waals surface area contributed by atoms with Crippen LogP contribution in [0.2, 0.25) is 0 Å². The third kappa shape index (κ3) is 2.73. The van der Waals surface area contributed by atoms with E-state index in [0.29, 0.717) is 18.7 Å². The molecule has 0 saturated carbocycles. The molecule has 0 aliphatic rings. The largest absolute Gasteiger partial charge is 0.460 e. The first-order valence-electron chi connectivity index (χ1n) is 4.41. The van der Waals surface area contributed by atoms with Crippen molar-refractivity contribution in [1.29, 1.82) is 0 Å². The van der Waals surface area contributed by atoms with E-state index >= 15 is 0 Å². The first-order valence-corrected chi connectivity index (χ1v) is 4.41. The van der Waals surface area contributed by atoms with Gasteiger partial charge in [-0.25, -0.2) is 9.78 Å². The normalized spacial score (nSPS) is 9.86. The molecule has 1 aromatic rings. The van der Waals surface area contributed by atoms with Crippen LogP contribution in [-0.2, 0) is 16.1 Å². The second-order valence-electron chi connectivity index (χ2n) is 3.08. The molecule has 0 bridgehead atoms. The Labute approximate surface area is 83.2 Å². The number of carbonyl (C=O) groups excluding carboxylic acids is 1.